The predicted molar refractivity (Wildman–Crippen MR) is 72.4 cm³/mol. The minimum atomic E-state index is -3.62. The highest BCUT2D eigenvalue weighted by atomic mass is 32.2. The maximum atomic E-state index is 12.2. The van der Waals surface area contributed by atoms with Gasteiger partial charge in [-0.2, -0.15) is 10.4 Å². The Morgan fingerprint density at radius 2 is 2.14 bits per heavy atom. The van der Waals surface area contributed by atoms with E-state index >= 15 is 0 Å². The van der Waals surface area contributed by atoms with E-state index in [0.29, 0.717) is 0 Å². The van der Waals surface area contributed by atoms with Crippen molar-refractivity contribution in [1.29, 1.82) is 5.26 Å². The molecule has 0 bridgehead atoms. The van der Waals surface area contributed by atoms with Crippen molar-refractivity contribution in [2.45, 2.75) is 11.4 Å². The van der Waals surface area contributed by atoms with Crippen molar-refractivity contribution in [3.63, 3.8) is 0 Å². The molecule has 1 N–H and O–H groups in total. The van der Waals surface area contributed by atoms with Gasteiger partial charge >= 0.3 is 5.97 Å². The highest BCUT2D eigenvalue weighted by Gasteiger charge is 2.17. The molecule has 0 atom stereocenters. The van der Waals surface area contributed by atoms with Gasteiger partial charge in [0.25, 0.3) is 0 Å². The summed E-state index contributed by atoms with van der Waals surface area (Å²) < 4.78 is 25.5. The van der Waals surface area contributed by atoms with Crippen molar-refractivity contribution >= 4 is 15.8 Å². The topological polar surface area (TPSA) is 113 Å². The molecule has 0 saturated carbocycles. The number of hydrogen-bond donors (Lipinski definition) is 1. The molecule has 8 heteroatoms. The Hall–Kier alpha value is -2.66. The number of hydrogen-bond acceptors (Lipinski definition) is 5. The normalized spacial score (nSPS) is 11.0. The van der Waals surface area contributed by atoms with Gasteiger partial charge in [-0.15, -0.1) is 0 Å². The fourth-order valence-electron chi connectivity index (χ4n) is 1.78. The van der Waals surface area contributed by atoms with Gasteiger partial charge in [-0.05, 0) is 24.3 Å². The standard InChI is InChI=1S/C13H11N3O4S/c14-9-10-2-1-3-11(8-10)21(19,20)7-6-16-12(13(17)18)4-5-15-16/h1-5,8H,6-7H2,(H,17,18). The fraction of sp³-hybridized carbons (Fsp3) is 0.154. The molecule has 21 heavy (non-hydrogen) atoms. The number of aryl methyl sites for hydroxylation is 1. The molecule has 0 amide bonds. The van der Waals surface area contributed by atoms with Gasteiger partial charge < -0.3 is 5.11 Å². The first kappa shape index (κ1) is 14.7. The van der Waals surface area contributed by atoms with E-state index < -0.39 is 15.8 Å². The monoisotopic (exact) mass is 305 g/mol. The third-order valence-electron chi connectivity index (χ3n) is 2.83. The second-order valence-corrected chi connectivity index (χ2v) is 6.31. The van der Waals surface area contributed by atoms with Gasteiger partial charge in [0.1, 0.15) is 5.69 Å². The summed E-state index contributed by atoms with van der Waals surface area (Å²) in [6.07, 6.45) is 1.30. The molecule has 2 aromatic rings. The Balaban J connectivity index is 2.20. The quantitative estimate of drug-likeness (QED) is 0.879. The number of benzene rings is 1. The summed E-state index contributed by atoms with van der Waals surface area (Å²) in [6.45, 7) is -0.0756. The molecule has 0 aliphatic rings. The van der Waals surface area contributed by atoms with Crippen molar-refractivity contribution in [2.75, 3.05) is 5.75 Å². The Labute approximate surface area is 121 Å². The first-order chi connectivity index (χ1) is 9.94. The third kappa shape index (κ3) is 3.27. The zero-order valence-electron chi connectivity index (χ0n) is 10.8. The Bertz CT molecular complexity index is 818. The number of aromatic nitrogens is 2. The van der Waals surface area contributed by atoms with Crippen molar-refractivity contribution in [3.05, 3.63) is 47.8 Å². The number of nitriles is 1. The number of nitrogens with zero attached hydrogens (tertiary/aromatic N) is 3. The summed E-state index contributed by atoms with van der Waals surface area (Å²) in [5, 5.41) is 21.5. The molecule has 0 aliphatic carbocycles. The van der Waals surface area contributed by atoms with Crippen molar-refractivity contribution in [1.82, 2.24) is 9.78 Å². The van der Waals surface area contributed by atoms with E-state index in [-0.39, 0.29) is 28.5 Å². The molecule has 0 unspecified atom stereocenters. The first-order valence-electron chi connectivity index (χ1n) is 5.92. The maximum Gasteiger partial charge on any atom is 0.354 e. The predicted octanol–water partition coefficient (Wildman–Crippen LogP) is 0.927. The second-order valence-electron chi connectivity index (χ2n) is 4.20. The number of aromatic carboxylic acids is 1. The fourth-order valence-corrected chi connectivity index (χ4v) is 3.02. The second kappa shape index (κ2) is 5.76. The van der Waals surface area contributed by atoms with Crippen LogP contribution in [0, 0.1) is 11.3 Å². The van der Waals surface area contributed by atoms with Crippen molar-refractivity contribution in [3.8, 4) is 6.07 Å². The van der Waals surface area contributed by atoms with Crippen LogP contribution in [-0.4, -0.2) is 35.0 Å². The lowest BCUT2D eigenvalue weighted by atomic mass is 10.2. The largest absolute Gasteiger partial charge is 0.477 e. The molecule has 1 aromatic heterocycles. The van der Waals surface area contributed by atoms with Crippen molar-refractivity contribution in [2.24, 2.45) is 0 Å². The molecule has 1 heterocycles. The Morgan fingerprint density at radius 3 is 2.81 bits per heavy atom. The smallest absolute Gasteiger partial charge is 0.354 e. The summed E-state index contributed by atoms with van der Waals surface area (Å²) >= 11 is 0. The van der Waals surface area contributed by atoms with Gasteiger partial charge in [-0.3, -0.25) is 4.68 Å². The van der Waals surface area contributed by atoms with E-state index in [4.69, 9.17) is 10.4 Å². The number of carbonyl (C=O) groups is 1. The van der Waals surface area contributed by atoms with Gasteiger partial charge in [0, 0.05) is 6.20 Å². The van der Waals surface area contributed by atoms with E-state index in [1.54, 1.807) is 0 Å². The maximum absolute atomic E-state index is 12.2. The summed E-state index contributed by atoms with van der Waals surface area (Å²) in [5.41, 5.74) is 0.178. The van der Waals surface area contributed by atoms with Crippen LogP contribution in [0.3, 0.4) is 0 Å². The van der Waals surface area contributed by atoms with Crippen LogP contribution in [0.15, 0.2) is 41.4 Å². The molecule has 108 valence electrons. The van der Waals surface area contributed by atoms with Gasteiger partial charge in [-0.1, -0.05) is 6.07 Å². The molecule has 0 spiro atoms. The average Bonchev–Trinajstić information content (AvgIpc) is 2.94. The number of rotatable bonds is 5. The molecule has 0 radical (unpaired) electrons. The zero-order chi connectivity index (χ0) is 15.5. The van der Waals surface area contributed by atoms with Gasteiger partial charge in [-0.25, -0.2) is 13.2 Å². The summed E-state index contributed by atoms with van der Waals surface area (Å²) in [6, 6.07) is 8.86. The van der Waals surface area contributed by atoms with Gasteiger partial charge in [0.15, 0.2) is 9.84 Å². The van der Waals surface area contributed by atoms with Crippen LogP contribution in [0.4, 0.5) is 0 Å². The lowest BCUT2D eigenvalue weighted by Gasteiger charge is -2.06. The highest BCUT2D eigenvalue weighted by Crippen LogP contribution is 2.13. The van der Waals surface area contributed by atoms with E-state index in [2.05, 4.69) is 5.10 Å². The molecule has 0 aliphatic heterocycles. The average molecular weight is 305 g/mol. The summed E-state index contributed by atoms with van der Waals surface area (Å²) in [7, 11) is -3.62. The molecule has 0 fully saturated rings. The molecule has 7 nitrogen and oxygen atoms in total. The van der Waals surface area contributed by atoms with Crippen LogP contribution >= 0.6 is 0 Å². The van der Waals surface area contributed by atoms with E-state index in [0.717, 1.165) is 4.68 Å². The number of sulfone groups is 1. The highest BCUT2D eigenvalue weighted by molar-refractivity contribution is 7.91. The molecular weight excluding hydrogens is 294 g/mol. The van der Waals surface area contributed by atoms with E-state index in [1.807, 2.05) is 6.07 Å². The van der Waals surface area contributed by atoms with Gasteiger partial charge in [0.05, 0.1) is 28.8 Å². The number of carboxylic acid groups (broad SMARTS) is 1. The minimum absolute atomic E-state index is 0.0329. The van der Waals surface area contributed by atoms with Gasteiger partial charge in [0.2, 0.25) is 0 Å². The minimum Gasteiger partial charge on any atom is -0.477 e. The van der Waals surface area contributed by atoms with Crippen LogP contribution in [0.2, 0.25) is 0 Å². The van der Waals surface area contributed by atoms with Crippen LogP contribution in [0.1, 0.15) is 16.1 Å². The van der Waals surface area contributed by atoms with Crippen LogP contribution in [0.5, 0.6) is 0 Å². The molecule has 0 saturated heterocycles. The van der Waals surface area contributed by atoms with E-state index in [9.17, 15) is 13.2 Å². The summed E-state index contributed by atoms with van der Waals surface area (Å²) in [5.74, 6) is -1.47. The lowest BCUT2D eigenvalue weighted by Crippen LogP contribution is -2.17. The van der Waals surface area contributed by atoms with Crippen LogP contribution < -0.4 is 0 Å². The molecular formula is C13H11N3O4S. The number of carboxylic acids is 1. The lowest BCUT2D eigenvalue weighted by molar-refractivity contribution is 0.0683. The zero-order valence-corrected chi connectivity index (χ0v) is 11.6. The SMILES string of the molecule is N#Cc1cccc(S(=O)(=O)CCn2nccc2C(=O)O)c1. The van der Waals surface area contributed by atoms with Crippen LogP contribution in [-0.2, 0) is 16.4 Å². The molecule has 1 aromatic carbocycles. The van der Waals surface area contributed by atoms with Crippen molar-refractivity contribution < 1.29 is 18.3 Å². The Kier molecular flexibility index (Phi) is 4.05. The van der Waals surface area contributed by atoms with Crippen LogP contribution in [0.25, 0.3) is 0 Å². The van der Waals surface area contributed by atoms with E-state index in [1.165, 1.54) is 36.5 Å². The Morgan fingerprint density at radius 1 is 1.38 bits per heavy atom. The molecule has 2 rings (SSSR count). The first-order valence-corrected chi connectivity index (χ1v) is 7.57. The third-order valence-corrected chi connectivity index (χ3v) is 4.52. The summed E-state index contributed by atoms with van der Waals surface area (Å²) in [4.78, 5) is 10.9.